The second-order valence-electron chi connectivity index (χ2n) is 9.68. The number of likely N-dealkylation sites (tertiary alicyclic amines) is 1. The molecule has 2 unspecified atom stereocenters. The monoisotopic (exact) mass is 517 g/mol. The summed E-state index contributed by atoms with van der Waals surface area (Å²) in [5.74, 6) is -0.654. The van der Waals surface area contributed by atoms with Gasteiger partial charge >= 0.3 is 0 Å². The molecule has 1 aromatic carbocycles. The van der Waals surface area contributed by atoms with Crippen LogP contribution in [0.5, 0.6) is 0 Å². The molecule has 0 bridgehead atoms. The summed E-state index contributed by atoms with van der Waals surface area (Å²) in [7, 11) is -3.58. The van der Waals surface area contributed by atoms with Crippen molar-refractivity contribution in [2.24, 2.45) is 10.9 Å². The summed E-state index contributed by atoms with van der Waals surface area (Å²) in [5, 5.41) is 2.87. The first kappa shape index (κ1) is 26.1. The molecule has 2 heterocycles. The van der Waals surface area contributed by atoms with Crippen LogP contribution in [0.1, 0.15) is 69.0 Å². The number of nitrogens with one attached hydrogen (secondary N) is 2. The zero-order valence-corrected chi connectivity index (χ0v) is 21.7. The third-order valence-corrected chi connectivity index (χ3v) is 7.41. The molecule has 1 saturated heterocycles. The Kier molecular flexibility index (Phi) is 8.28. The number of hydrogen-bond donors (Lipinski definition) is 2. The molecule has 2 fully saturated rings. The van der Waals surface area contributed by atoms with Gasteiger partial charge in [-0.3, -0.25) is 14.3 Å². The first-order valence-electron chi connectivity index (χ1n) is 12.8. The van der Waals surface area contributed by atoms with Crippen LogP contribution >= 0.6 is 0 Å². The van der Waals surface area contributed by atoms with Crippen LogP contribution in [-0.4, -0.2) is 67.4 Å². The number of hydrogen-bond acceptors (Lipinski definition) is 7. The fourth-order valence-electron chi connectivity index (χ4n) is 4.96. The van der Waals surface area contributed by atoms with E-state index in [0.717, 1.165) is 51.2 Å². The average Bonchev–Trinajstić information content (AvgIpc) is 3.54. The van der Waals surface area contributed by atoms with Crippen molar-refractivity contribution < 1.29 is 22.4 Å². The molecule has 0 spiro atoms. The van der Waals surface area contributed by atoms with E-state index in [-0.39, 0.29) is 23.7 Å². The number of guanidine groups is 1. The van der Waals surface area contributed by atoms with Gasteiger partial charge in [-0.05, 0) is 50.2 Å². The van der Waals surface area contributed by atoms with Crippen LogP contribution in [0.2, 0.25) is 0 Å². The van der Waals surface area contributed by atoms with Gasteiger partial charge in [-0.1, -0.05) is 38.3 Å². The number of sulfonamides is 1. The van der Waals surface area contributed by atoms with E-state index in [0.29, 0.717) is 30.6 Å². The fourth-order valence-corrected chi connectivity index (χ4v) is 5.48. The van der Waals surface area contributed by atoms with Crippen LogP contribution in [0.25, 0.3) is 11.1 Å². The van der Waals surface area contributed by atoms with Crippen molar-refractivity contribution in [1.82, 2.24) is 19.9 Å². The van der Waals surface area contributed by atoms with Crippen LogP contribution in [0.3, 0.4) is 0 Å². The Morgan fingerprint density at radius 2 is 1.83 bits per heavy atom. The molecule has 11 heteroatoms. The van der Waals surface area contributed by atoms with Crippen LogP contribution in [0, 0.1) is 5.92 Å². The number of carbonyl (C=O) groups is 2. The maximum atomic E-state index is 13.6. The highest BCUT2D eigenvalue weighted by Gasteiger charge is 2.34. The van der Waals surface area contributed by atoms with E-state index in [1.165, 1.54) is 0 Å². The lowest BCUT2D eigenvalue weighted by Crippen LogP contribution is -2.49. The Labute approximate surface area is 212 Å². The van der Waals surface area contributed by atoms with Gasteiger partial charge in [0, 0.05) is 13.1 Å². The van der Waals surface area contributed by atoms with Gasteiger partial charge in [-0.25, -0.2) is 18.4 Å². The molecule has 1 saturated carbocycles. The lowest BCUT2D eigenvalue weighted by atomic mass is 9.83. The van der Waals surface area contributed by atoms with Gasteiger partial charge in [0.05, 0.1) is 12.3 Å². The Balaban J connectivity index is 1.59. The van der Waals surface area contributed by atoms with E-state index < -0.39 is 27.9 Å². The molecule has 0 radical (unpaired) electrons. The lowest BCUT2D eigenvalue weighted by molar-refractivity contribution is -0.124. The third kappa shape index (κ3) is 6.43. The SMILES string of the molecule is CCC(NC(=O)C(N=C(NS(C)(=O)=O)N1CCCC1)C1CCCCC1)C(=O)c1nc2ccccc2o1. The zero-order chi connectivity index (χ0) is 25.7. The van der Waals surface area contributed by atoms with E-state index in [2.05, 4.69) is 15.0 Å². The van der Waals surface area contributed by atoms with Crippen LogP contribution in [-0.2, 0) is 14.8 Å². The number of nitrogens with zero attached hydrogens (tertiary/aromatic N) is 3. The van der Waals surface area contributed by atoms with Crippen molar-refractivity contribution in [3.63, 3.8) is 0 Å². The molecule has 196 valence electrons. The Hall–Kier alpha value is -2.95. The molecule has 10 nitrogen and oxygen atoms in total. The van der Waals surface area contributed by atoms with Crippen molar-refractivity contribution in [2.75, 3.05) is 19.3 Å². The highest BCUT2D eigenvalue weighted by atomic mass is 32.2. The Morgan fingerprint density at radius 3 is 2.47 bits per heavy atom. The summed E-state index contributed by atoms with van der Waals surface area (Å²) in [4.78, 5) is 37.7. The summed E-state index contributed by atoms with van der Waals surface area (Å²) in [6, 6.07) is 5.48. The van der Waals surface area contributed by atoms with Gasteiger partial charge < -0.3 is 14.6 Å². The normalized spacial score (nSPS) is 19.3. The molecule has 2 aromatic rings. The van der Waals surface area contributed by atoms with Gasteiger partial charge in [0.15, 0.2) is 5.58 Å². The third-order valence-electron chi connectivity index (χ3n) is 6.85. The van der Waals surface area contributed by atoms with E-state index in [1.54, 1.807) is 18.2 Å². The van der Waals surface area contributed by atoms with Crippen molar-refractivity contribution in [1.29, 1.82) is 0 Å². The number of amides is 1. The van der Waals surface area contributed by atoms with Gasteiger partial charge in [-0.2, -0.15) is 0 Å². The van der Waals surface area contributed by atoms with E-state index >= 15 is 0 Å². The fraction of sp³-hybridized carbons (Fsp3) is 0.600. The molecule has 1 aliphatic carbocycles. The molecular weight excluding hydrogens is 482 g/mol. The number of benzene rings is 1. The van der Waals surface area contributed by atoms with Crippen molar-refractivity contribution in [3.8, 4) is 0 Å². The van der Waals surface area contributed by atoms with Crippen LogP contribution < -0.4 is 10.0 Å². The second kappa shape index (κ2) is 11.4. The van der Waals surface area contributed by atoms with Gasteiger partial charge in [0.25, 0.3) is 5.89 Å². The number of aromatic nitrogens is 1. The number of Topliss-reactive ketones (excluding diaryl/α,β-unsaturated/α-hetero) is 1. The minimum absolute atomic E-state index is 0.0327. The lowest BCUT2D eigenvalue weighted by Gasteiger charge is -2.30. The first-order valence-corrected chi connectivity index (χ1v) is 14.6. The largest absolute Gasteiger partial charge is 0.434 e. The average molecular weight is 518 g/mol. The number of para-hydroxylation sites is 2. The quantitative estimate of drug-likeness (QED) is 0.312. The van der Waals surface area contributed by atoms with Crippen molar-refractivity contribution >= 4 is 38.8 Å². The number of carbonyl (C=O) groups excluding carboxylic acids is 2. The molecule has 36 heavy (non-hydrogen) atoms. The molecule has 2 N–H and O–H groups in total. The number of rotatable bonds is 8. The van der Waals surface area contributed by atoms with E-state index in [9.17, 15) is 18.0 Å². The molecule has 1 aliphatic heterocycles. The van der Waals surface area contributed by atoms with Gasteiger partial charge in [0.2, 0.25) is 27.7 Å². The number of fused-ring (bicyclic) bond motifs is 1. The van der Waals surface area contributed by atoms with Crippen LogP contribution in [0.4, 0.5) is 0 Å². The van der Waals surface area contributed by atoms with Crippen molar-refractivity contribution in [3.05, 3.63) is 30.2 Å². The number of oxazole rings is 1. The minimum Gasteiger partial charge on any atom is -0.434 e. The topological polar surface area (TPSA) is 134 Å². The summed E-state index contributed by atoms with van der Waals surface area (Å²) in [6.45, 7) is 3.16. The molecular formula is C25H35N5O5S. The van der Waals surface area contributed by atoms with Crippen molar-refractivity contribution in [2.45, 2.75) is 70.4 Å². The van der Waals surface area contributed by atoms with E-state index in [4.69, 9.17) is 9.41 Å². The Morgan fingerprint density at radius 1 is 1.14 bits per heavy atom. The van der Waals surface area contributed by atoms with E-state index in [1.807, 2.05) is 17.9 Å². The number of ketones is 1. The summed E-state index contributed by atoms with van der Waals surface area (Å²) < 4.78 is 32.3. The molecule has 2 aliphatic rings. The predicted octanol–water partition coefficient (Wildman–Crippen LogP) is 2.86. The number of aliphatic imine (C=N–C) groups is 1. The highest BCUT2D eigenvalue weighted by molar-refractivity contribution is 7.89. The zero-order valence-electron chi connectivity index (χ0n) is 20.9. The molecule has 1 amide bonds. The second-order valence-corrected chi connectivity index (χ2v) is 11.4. The molecule has 1 aromatic heterocycles. The summed E-state index contributed by atoms with van der Waals surface area (Å²) in [6.07, 6.45) is 8.02. The maximum Gasteiger partial charge on any atom is 0.266 e. The van der Waals surface area contributed by atoms with Gasteiger partial charge in [-0.15, -0.1) is 0 Å². The Bertz CT molecular complexity index is 1180. The predicted molar refractivity (Wildman–Crippen MR) is 137 cm³/mol. The molecule has 4 rings (SSSR count). The summed E-state index contributed by atoms with van der Waals surface area (Å²) in [5.41, 5.74) is 1.09. The standard InChI is InChI=1S/C25H35N5O5S/c1-3-18(22(31)24-27-19-13-7-8-14-20(19)35-24)26-23(32)21(17-11-5-4-6-12-17)28-25(29-36(2,33)34)30-15-9-10-16-30/h7-8,13-14,17-18,21H,3-6,9-12,15-16H2,1-2H3,(H,26,32)(H,28,29). The summed E-state index contributed by atoms with van der Waals surface area (Å²) >= 11 is 0. The van der Waals surface area contributed by atoms with Gasteiger partial charge in [0.1, 0.15) is 11.6 Å². The smallest absolute Gasteiger partial charge is 0.266 e. The highest BCUT2D eigenvalue weighted by Crippen LogP contribution is 2.29. The maximum absolute atomic E-state index is 13.6. The first-order chi connectivity index (χ1) is 17.2. The minimum atomic E-state index is -3.58. The molecule has 2 atom stereocenters. The van der Waals surface area contributed by atoms with Crippen LogP contribution in [0.15, 0.2) is 33.7 Å².